The van der Waals surface area contributed by atoms with Crippen molar-refractivity contribution in [3.8, 4) is 11.5 Å². The van der Waals surface area contributed by atoms with Gasteiger partial charge in [0, 0.05) is 17.3 Å². The van der Waals surface area contributed by atoms with Gasteiger partial charge in [-0.05, 0) is 42.8 Å². The Morgan fingerprint density at radius 3 is 2.61 bits per heavy atom. The first-order valence-electron chi connectivity index (χ1n) is 8.21. The van der Waals surface area contributed by atoms with Gasteiger partial charge in [-0.2, -0.15) is 5.10 Å². The van der Waals surface area contributed by atoms with E-state index in [1.807, 2.05) is 0 Å². The van der Waals surface area contributed by atoms with E-state index in [1.165, 1.54) is 25.5 Å². The van der Waals surface area contributed by atoms with E-state index in [9.17, 15) is 19.5 Å². The summed E-state index contributed by atoms with van der Waals surface area (Å²) >= 11 is 0. The molecule has 0 heterocycles. The monoisotopic (exact) mass is 384 g/mol. The molecule has 9 nitrogen and oxygen atoms in total. The van der Waals surface area contributed by atoms with Crippen LogP contribution in [0.2, 0.25) is 0 Å². The highest BCUT2D eigenvalue weighted by atomic mass is 16.5. The fraction of sp³-hybridized carbons (Fsp3) is 0.158. The molecule has 0 saturated heterocycles. The maximum Gasteiger partial charge on any atom is 0.329 e. The quantitative estimate of drug-likeness (QED) is 0.407. The minimum Gasteiger partial charge on any atom is -0.545 e. The van der Waals surface area contributed by atoms with Crippen molar-refractivity contribution in [2.24, 2.45) is 5.10 Å². The van der Waals surface area contributed by atoms with E-state index in [-0.39, 0.29) is 11.3 Å². The Morgan fingerprint density at radius 2 is 1.93 bits per heavy atom. The lowest BCUT2D eigenvalue weighted by atomic mass is 10.1. The van der Waals surface area contributed by atoms with Gasteiger partial charge in [0.25, 0.3) is 0 Å². The topological polar surface area (TPSA) is 129 Å². The second-order valence-corrected chi connectivity index (χ2v) is 5.36. The number of carboxylic acid groups (broad SMARTS) is 1. The molecule has 146 valence electrons. The Hall–Kier alpha value is -3.88. The second-order valence-electron chi connectivity index (χ2n) is 5.36. The zero-order valence-electron chi connectivity index (χ0n) is 15.2. The second kappa shape index (κ2) is 9.72. The zero-order chi connectivity index (χ0) is 20.5. The summed E-state index contributed by atoms with van der Waals surface area (Å²) in [5.74, 6) is -2.63. The van der Waals surface area contributed by atoms with Crippen LogP contribution in [0.4, 0.5) is 5.69 Å². The van der Waals surface area contributed by atoms with E-state index in [4.69, 9.17) is 9.47 Å². The molecule has 2 N–H and O–H groups in total. The zero-order valence-corrected chi connectivity index (χ0v) is 15.2. The predicted octanol–water partition coefficient (Wildman–Crippen LogP) is 0.546. The summed E-state index contributed by atoms with van der Waals surface area (Å²) in [6.07, 6.45) is 1.19. The van der Waals surface area contributed by atoms with Gasteiger partial charge in [0.2, 0.25) is 0 Å². The summed E-state index contributed by atoms with van der Waals surface area (Å²) in [6.45, 7) is 2.02. The molecule has 2 aromatic rings. The van der Waals surface area contributed by atoms with Crippen LogP contribution >= 0.6 is 0 Å². The first-order chi connectivity index (χ1) is 13.4. The molecule has 28 heavy (non-hydrogen) atoms. The van der Waals surface area contributed by atoms with E-state index in [0.717, 1.165) is 0 Å². The van der Waals surface area contributed by atoms with Crippen molar-refractivity contribution in [2.45, 2.75) is 6.92 Å². The minimum atomic E-state index is -1.40. The van der Waals surface area contributed by atoms with E-state index < -0.39 is 17.8 Å². The van der Waals surface area contributed by atoms with Gasteiger partial charge >= 0.3 is 11.8 Å². The molecule has 0 bridgehead atoms. The van der Waals surface area contributed by atoms with Crippen molar-refractivity contribution in [1.29, 1.82) is 0 Å². The molecule has 2 rings (SSSR count). The molecule has 0 radical (unpaired) electrons. The standard InChI is InChI=1S/C19H19N3O6/c1-3-28-16-8-7-12(9-15(16)19(25)26)11-20-22-18(24)17(23)21-13-5-4-6-14(10-13)27-2/h4-11H,3H2,1-2H3,(H,21,23)(H,22,24)(H,25,26)/p-1/b20-11-. The summed E-state index contributed by atoms with van der Waals surface area (Å²) < 4.78 is 10.2. The van der Waals surface area contributed by atoms with Gasteiger partial charge in [0.15, 0.2) is 0 Å². The fourth-order valence-corrected chi connectivity index (χ4v) is 2.17. The molecule has 0 aromatic heterocycles. The minimum absolute atomic E-state index is 0.145. The molecule has 0 spiro atoms. The lowest BCUT2D eigenvalue weighted by molar-refractivity contribution is -0.255. The van der Waals surface area contributed by atoms with Crippen molar-refractivity contribution in [2.75, 3.05) is 19.0 Å². The number of ether oxygens (including phenoxy) is 2. The van der Waals surface area contributed by atoms with Gasteiger partial charge in [-0.3, -0.25) is 9.59 Å². The summed E-state index contributed by atoms with van der Waals surface area (Å²) in [5.41, 5.74) is 2.67. The number of aromatic carboxylic acids is 1. The molecule has 0 atom stereocenters. The van der Waals surface area contributed by atoms with Gasteiger partial charge in [-0.1, -0.05) is 6.07 Å². The number of benzene rings is 2. The highest BCUT2D eigenvalue weighted by Crippen LogP contribution is 2.19. The van der Waals surface area contributed by atoms with Crippen LogP contribution in [-0.2, 0) is 9.59 Å². The average molecular weight is 384 g/mol. The number of nitrogens with one attached hydrogen (secondary N) is 2. The molecule has 0 saturated carbocycles. The third-order valence-corrected chi connectivity index (χ3v) is 3.44. The number of methoxy groups -OCH3 is 1. The number of carbonyl (C=O) groups is 3. The lowest BCUT2D eigenvalue weighted by Crippen LogP contribution is -2.32. The van der Waals surface area contributed by atoms with Crippen molar-refractivity contribution < 1.29 is 29.0 Å². The largest absolute Gasteiger partial charge is 0.545 e. The van der Waals surface area contributed by atoms with Crippen molar-refractivity contribution in [3.05, 3.63) is 53.6 Å². The average Bonchev–Trinajstić information content (AvgIpc) is 2.69. The van der Waals surface area contributed by atoms with E-state index >= 15 is 0 Å². The van der Waals surface area contributed by atoms with Gasteiger partial charge in [0.1, 0.15) is 11.5 Å². The van der Waals surface area contributed by atoms with Crippen molar-refractivity contribution in [1.82, 2.24) is 5.43 Å². The number of anilines is 1. The number of hydrogen-bond donors (Lipinski definition) is 2. The van der Waals surface area contributed by atoms with Crippen molar-refractivity contribution >= 4 is 29.7 Å². The molecule has 0 aliphatic heterocycles. The fourth-order valence-electron chi connectivity index (χ4n) is 2.17. The van der Waals surface area contributed by atoms with Crippen LogP contribution in [0.25, 0.3) is 0 Å². The maximum absolute atomic E-state index is 11.9. The molecule has 2 aromatic carbocycles. The number of carboxylic acids is 1. The van der Waals surface area contributed by atoms with Crippen LogP contribution in [0.5, 0.6) is 11.5 Å². The number of nitrogens with zero attached hydrogens (tertiary/aromatic N) is 1. The Kier molecular flexibility index (Phi) is 7.09. The van der Waals surface area contributed by atoms with Gasteiger partial charge in [-0.25, -0.2) is 5.43 Å². The SMILES string of the molecule is CCOc1ccc(/C=N\NC(=O)C(=O)Nc2cccc(OC)c2)cc1C(=O)[O-]. The van der Waals surface area contributed by atoms with Crippen LogP contribution < -0.4 is 25.3 Å². The third kappa shape index (κ3) is 5.56. The molecule has 0 aliphatic carbocycles. The maximum atomic E-state index is 11.9. The van der Waals surface area contributed by atoms with Crippen LogP contribution in [0.15, 0.2) is 47.6 Å². The number of amides is 2. The molecule has 0 aliphatic rings. The summed E-state index contributed by atoms with van der Waals surface area (Å²) in [7, 11) is 1.48. The number of carbonyl (C=O) groups excluding carboxylic acids is 3. The van der Waals surface area contributed by atoms with Gasteiger partial charge in [0.05, 0.1) is 25.9 Å². The molecule has 9 heteroatoms. The number of hydrazone groups is 1. The lowest BCUT2D eigenvalue weighted by Gasteiger charge is -2.11. The smallest absolute Gasteiger partial charge is 0.329 e. The van der Waals surface area contributed by atoms with E-state index in [2.05, 4.69) is 15.8 Å². The Morgan fingerprint density at radius 1 is 1.14 bits per heavy atom. The Labute approximate surface area is 161 Å². The highest BCUT2D eigenvalue weighted by molar-refractivity contribution is 6.39. The molecular weight excluding hydrogens is 366 g/mol. The van der Waals surface area contributed by atoms with Gasteiger partial charge in [-0.15, -0.1) is 0 Å². The van der Waals surface area contributed by atoms with Crippen LogP contribution in [0, 0.1) is 0 Å². The first-order valence-corrected chi connectivity index (χ1v) is 8.21. The Balaban J connectivity index is 1.99. The number of rotatable bonds is 7. The summed E-state index contributed by atoms with van der Waals surface area (Å²) in [4.78, 5) is 34.9. The summed E-state index contributed by atoms with van der Waals surface area (Å²) in [6, 6.07) is 10.8. The summed E-state index contributed by atoms with van der Waals surface area (Å²) in [5, 5.41) is 17.2. The Bertz CT molecular complexity index is 910. The van der Waals surface area contributed by atoms with E-state index in [1.54, 1.807) is 37.3 Å². The van der Waals surface area contributed by atoms with Crippen LogP contribution in [0.1, 0.15) is 22.8 Å². The number of hydrogen-bond acceptors (Lipinski definition) is 7. The predicted molar refractivity (Wildman–Crippen MR) is 99.3 cm³/mol. The molecule has 0 unspecified atom stereocenters. The van der Waals surface area contributed by atoms with Crippen LogP contribution in [0.3, 0.4) is 0 Å². The highest BCUT2D eigenvalue weighted by Gasteiger charge is 2.13. The van der Waals surface area contributed by atoms with Crippen LogP contribution in [-0.4, -0.2) is 37.7 Å². The molecule has 2 amide bonds. The van der Waals surface area contributed by atoms with E-state index in [0.29, 0.717) is 23.6 Å². The van der Waals surface area contributed by atoms with Gasteiger partial charge < -0.3 is 24.7 Å². The molecule has 0 fully saturated rings. The van der Waals surface area contributed by atoms with Crippen molar-refractivity contribution in [3.63, 3.8) is 0 Å². The molecular formula is C19H18N3O6-. The normalized spacial score (nSPS) is 10.4. The first kappa shape index (κ1) is 20.4. The third-order valence-electron chi connectivity index (χ3n) is 3.44.